The summed E-state index contributed by atoms with van der Waals surface area (Å²) in [5.41, 5.74) is 6.37. The molecule has 0 bridgehead atoms. The number of nitrogens with two attached hydrogens (primary N) is 1. The summed E-state index contributed by atoms with van der Waals surface area (Å²) in [6, 6.07) is 6.88. The molecule has 10 nitrogen and oxygen atoms in total. The van der Waals surface area contributed by atoms with Crippen LogP contribution in [0.5, 0.6) is 11.5 Å². The summed E-state index contributed by atoms with van der Waals surface area (Å²) in [4.78, 5) is 26.9. The molecule has 5 N–H and O–H groups in total. The van der Waals surface area contributed by atoms with Crippen molar-refractivity contribution in [1.29, 1.82) is 0 Å². The van der Waals surface area contributed by atoms with Crippen LogP contribution in [0, 0.1) is 5.82 Å². The van der Waals surface area contributed by atoms with Gasteiger partial charge >= 0.3 is 12.1 Å². The molecule has 1 amide bonds. The van der Waals surface area contributed by atoms with Crippen LogP contribution in [0.3, 0.4) is 0 Å². The normalized spacial score (nSPS) is 12.1. The number of carbonyl (C=O) groups is 2. The highest BCUT2D eigenvalue weighted by atomic mass is 19.1. The maximum absolute atomic E-state index is 14.8. The van der Waals surface area contributed by atoms with Crippen LogP contribution in [0.2, 0.25) is 0 Å². The second kappa shape index (κ2) is 12.2. The average molecular weight is 463 g/mol. The Hall–Kier alpha value is -3.86. The number of hydrogen-bond acceptors (Lipinski definition) is 7. The summed E-state index contributed by atoms with van der Waals surface area (Å²) in [6.07, 6.45) is -0.824. The first-order chi connectivity index (χ1) is 15.8. The van der Waals surface area contributed by atoms with Crippen LogP contribution in [-0.4, -0.2) is 54.5 Å². The molecule has 2 rings (SSSR count). The number of rotatable bonds is 11. The monoisotopic (exact) mass is 463 g/mol. The number of aliphatic hydroxyl groups excluding tert-OH is 1. The molecule has 33 heavy (non-hydrogen) atoms. The lowest BCUT2D eigenvalue weighted by Gasteiger charge is -2.20. The Kier molecular flexibility index (Phi) is 9.43. The van der Waals surface area contributed by atoms with Crippen molar-refractivity contribution >= 4 is 23.6 Å². The van der Waals surface area contributed by atoms with E-state index in [2.05, 4.69) is 10.3 Å². The fourth-order valence-corrected chi connectivity index (χ4v) is 2.80. The molecular formula is C22H26FN3O7. The maximum Gasteiger partial charge on any atom is 0.435 e. The number of amides is 1. The van der Waals surface area contributed by atoms with Crippen LogP contribution in [0.4, 0.5) is 14.9 Å². The lowest BCUT2D eigenvalue weighted by molar-refractivity contribution is -0.138. The van der Waals surface area contributed by atoms with E-state index in [1.165, 1.54) is 30.3 Å². The fourth-order valence-electron chi connectivity index (χ4n) is 2.80. The number of hydrogen-bond donors (Lipinski definition) is 4. The van der Waals surface area contributed by atoms with Crippen molar-refractivity contribution in [3.05, 3.63) is 53.3 Å². The summed E-state index contributed by atoms with van der Waals surface area (Å²) >= 11 is 0. The van der Waals surface area contributed by atoms with E-state index in [0.717, 1.165) is 6.07 Å². The van der Waals surface area contributed by atoms with Crippen LogP contribution >= 0.6 is 0 Å². The van der Waals surface area contributed by atoms with Crippen molar-refractivity contribution in [3.63, 3.8) is 0 Å². The minimum absolute atomic E-state index is 0.0528. The number of nitrogens with one attached hydrogen (secondary N) is 1. The first-order valence-electron chi connectivity index (χ1n) is 10.1. The van der Waals surface area contributed by atoms with Crippen LogP contribution < -0.4 is 20.5 Å². The summed E-state index contributed by atoms with van der Waals surface area (Å²) in [5.74, 6) is -2.02. The summed E-state index contributed by atoms with van der Waals surface area (Å²) in [6.45, 7) is 3.39. The fraction of sp³-hybridized carbons (Fsp3) is 0.318. The Morgan fingerprint density at radius 1 is 1.12 bits per heavy atom. The number of anilines is 1. The first kappa shape index (κ1) is 25.4. The molecule has 0 aliphatic rings. The standard InChI is InChI=1S/C22H26FN3O7/c1-3-31-17-11-15(16(23)12-18(17)33-10-9-27)19(21(28)29)25-14-7-5-13(6-8-14)20(24)26-22(30)32-4-2/h5-8,11-12,19,25,27H,3-4,9-10H2,1-2H3,(H,28,29)(H2,24,26,30). The first-order valence-corrected chi connectivity index (χ1v) is 10.1. The minimum atomic E-state index is -1.45. The van der Waals surface area contributed by atoms with Crippen LogP contribution in [0.15, 0.2) is 41.4 Å². The quantitative estimate of drug-likeness (QED) is 0.291. The van der Waals surface area contributed by atoms with Gasteiger partial charge in [0.25, 0.3) is 0 Å². The van der Waals surface area contributed by atoms with E-state index < -0.39 is 23.9 Å². The molecule has 0 fully saturated rings. The van der Waals surface area contributed by atoms with E-state index in [4.69, 9.17) is 25.1 Å². The Morgan fingerprint density at radius 3 is 2.36 bits per heavy atom. The highest BCUT2D eigenvalue weighted by Crippen LogP contribution is 2.34. The van der Waals surface area contributed by atoms with Gasteiger partial charge in [-0.05, 0) is 44.2 Å². The van der Waals surface area contributed by atoms with E-state index in [9.17, 15) is 19.1 Å². The SMILES string of the molecule is CCOC(=O)/N=C(\N)c1ccc(NC(C(=O)O)c2cc(OCC)c(OCCO)cc2F)cc1. The Bertz CT molecular complexity index is 996. The Labute approximate surface area is 189 Å². The molecule has 0 aliphatic carbocycles. The van der Waals surface area contributed by atoms with Gasteiger partial charge in [0.15, 0.2) is 17.5 Å². The number of aliphatic carboxylic acids is 1. The van der Waals surface area contributed by atoms with E-state index in [1.54, 1.807) is 13.8 Å². The van der Waals surface area contributed by atoms with Crippen molar-refractivity contribution < 1.29 is 38.4 Å². The Morgan fingerprint density at radius 2 is 1.79 bits per heavy atom. The lowest BCUT2D eigenvalue weighted by Crippen LogP contribution is -2.22. The number of aliphatic imine (C=N–C) groups is 1. The van der Waals surface area contributed by atoms with Crippen molar-refractivity contribution in [3.8, 4) is 11.5 Å². The van der Waals surface area contributed by atoms with Gasteiger partial charge in [0.05, 0.1) is 19.8 Å². The van der Waals surface area contributed by atoms with Gasteiger partial charge in [0.2, 0.25) is 0 Å². The molecule has 0 spiro atoms. The molecule has 178 valence electrons. The Balaban J connectivity index is 2.30. The van der Waals surface area contributed by atoms with E-state index >= 15 is 0 Å². The van der Waals surface area contributed by atoms with Crippen LogP contribution in [0.1, 0.15) is 31.0 Å². The maximum atomic E-state index is 14.8. The molecular weight excluding hydrogens is 437 g/mol. The molecule has 0 saturated heterocycles. The molecule has 0 radical (unpaired) electrons. The predicted octanol–water partition coefficient (Wildman–Crippen LogP) is 2.70. The third-order valence-corrected chi connectivity index (χ3v) is 4.24. The molecule has 1 atom stereocenters. The number of aliphatic hydroxyl groups is 1. The number of carboxylic acids is 1. The van der Waals surface area contributed by atoms with Gasteiger partial charge in [0.1, 0.15) is 18.3 Å². The smallest absolute Gasteiger partial charge is 0.435 e. The number of carboxylic acid groups (broad SMARTS) is 1. The number of ether oxygens (including phenoxy) is 3. The molecule has 2 aromatic rings. The second-order valence-electron chi connectivity index (χ2n) is 6.51. The van der Waals surface area contributed by atoms with Crippen LogP contribution in [0.25, 0.3) is 0 Å². The van der Waals surface area contributed by atoms with E-state index in [0.29, 0.717) is 11.3 Å². The number of benzene rings is 2. The van der Waals surface area contributed by atoms with Gasteiger partial charge in [-0.3, -0.25) is 0 Å². The highest BCUT2D eigenvalue weighted by Gasteiger charge is 2.26. The van der Waals surface area contributed by atoms with E-state index in [1.807, 2.05) is 0 Å². The highest BCUT2D eigenvalue weighted by molar-refractivity contribution is 6.02. The summed E-state index contributed by atoms with van der Waals surface area (Å²) in [7, 11) is 0. The average Bonchev–Trinajstić information content (AvgIpc) is 2.78. The molecule has 0 aromatic heterocycles. The summed E-state index contributed by atoms with van der Waals surface area (Å²) in [5, 5.41) is 21.4. The predicted molar refractivity (Wildman–Crippen MR) is 118 cm³/mol. The third kappa shape index (κ3) is 7.07. The van der Waals surface area contributed by atoms with Crippen molar-refractivity contribution in [2.45, 2.75) is 19.9 Å². The lowest BCUT2D eigenvalue weighted by atomic mass is 10.0. The van der Waals surface area contributed by atoms with E-state index in [-0.39, 0.29) is 49.3 Å². The number of carbonyl (C=O) groups excluding carboxylic acids is 1. The minimum Gasteiger partial charge on any atom is -0.490 e. The van der Waals surface area contributed by atoms with Gasteiger partial charge < -0.3 is 35.5 Å². The number of halogens is 1. The van der Waals surface area contributed by atoms with Gasteiger partial charge in [-0.2, -0.15) is 4.99 Å². The number of nitrogens with zero attached hydrogens (tertiary/aromatic N) is 1. The number of amidine groups is 1. The molecule has 11 heteroatoms. The van der Waals surface area contributed by atoms with Crippen molar-refractivity contribution in [2.75, 3.05) is 31.7 Å². The van der Waals surface area contributed by atoms with Gasteiger partial charge in [-0.25, -0.2) is 14.0 Å². The molecule has 0 saturated carbocycles. The molecule has 1 unspecified atom stereocenters. The summed E-state index contributed by atoms with van der Waals surface area (Å²) < 4.78 is 30.2. The second-order valence-corrected chi connectivity index (χ2v) is 6.51. The van der Waals surface area contributed by atoms with Gasteiger partial charge in [-0.15, -0.1) is 0 Å². The zero-order chi connectivity index (χ0) is 24.4. The van der Waals surface area contributed by atoms with Crippen molar-refractivity contribution in [1.82, 2.24) is 0 Å². The largest absolute Gasteiger partial charge is 0.490 e. The zero-order valence-electron chi connectivity index (χ0n) is 18.2. The third-order valence-electron chi connectivity index (χ3n) is 4.24. The van der Waals surface area contributed by atoms with Crippen LogP contribution in [-0.2, 0) is 9.53 Å². The van der Waals surface area contributed by atoms with Crippen molar-refractivity contribution in [2.24, 2.45) is 10.7 Å². The van der Waals surface area contributed by atoms with Gasteiger partial charge in [0, 0.05) is 22.9 Å². The zero-order valence-corrected chi connectivity index (χ0v) is 18.2. The molecule has 0 heterocycles. The molecule has 2 aromatic carbocycles. The van der Waals surface area contributed by atoms with Gasteiger partial charge in [-0.1, -0.05) is 0 Å². The molecule has 0 aliphatic heterocycles. The topological polar surface area (TPSA) is 153 Å².